The number of aryl methyl sites for hydroxylation is 1. The van der Waals surface area contributed by atoms with E-state index in [0.717, 1.165) is 25.7 Å². The highest BCUT2D eigenvalue weighted by molar-refractivity contribution is 5.25. The second-order valence-corrected chi connectivity index (χ2v) is 4.27. The van der Waals surface area contributed by atoms with Crippen molar-refractivity contribution >= 4 is 0 Å². The van der Waals surface area contributed by atoms with E-state index in [1.807, 2.05) is 7.05 Å². The van der Waals surface area contributed by atoms with Crippen LogP contribution < -0.4 is 5.32 Å². The average Bonchev–Trinajstić information content (AvgIpc) is 2.30. The van der Waals surface area contributed by atoms with Crippen LogP contribution in [0.5, 0.6) is 0 Å². The number of benzene rings is 1. The summed E-state index contributed by atoms with van der Waals surface area (Å²) in [5.74, 6) is -0.971. The molecule has 0 unspecified atom stereocenters. The number of hydrogen-bond acceptors (Lipinski definition) is 2. The van der Waals surface area contributed by atoms with E-state index in [1.54, 1.807) is 13.0 Å². The fraction of sp³-hybridized carbons (Fsp3) is 0.538. The summed E-state index contributed by atoms with van der Waals surface area (Å²) in [4.78, 5) is 2.17. The zero-order chi connectivity index (χ0) is 12.8. The summed E-state index contributed by atoms with van der Waals surface area (Å²) in [7, 11) is 2.03. The number of halogens is 2. The van der Waals surface area contributed by atoms with Crippen molar-refractivity contribution in [3.8, 4) is 0 Å². The number of hydrogen-bond donors (Lipinski definition) is 1. The van der Waals surface area contributed by atoms with Gasteiger partial charge in [-0.2, -0.15) is 0 Å². The molecular weight excluding hydrogens is 222 g/mol. The van der Waals surface area contributed by atoms with Gasteiger partial charge >= 0.3 is 0 Å². The van der Waals surface area contributed by atoms with E-state index in [9.17, 15) is 8.78 Å². The third-order valence-electron chi connectivity index (χ3n) is 2.85. The normalized spacial score (nSPS) is 11.2. The molecule has 1 aromatic rings. The Kier molecular flexibility index (Phi) is 5.51. The highest BCUT2D eigenvalue weighted by atomic mass is 19.1. The van der Waals surface area contributed by atoms with E-state index in [-0.39, 0.29) is 0 Å². The number of nitrogens with one attached hydrogen (secondary N) is 1. The van der Waals surface area contributed by atoms with Crippen molar-refractivity contribution in [2.45, 2.75) is 20.4 Å². The van der Waals surface area contributed by atoms with Gasteiger partial charge in [-0.3, -0.25) is 0 Å². The van der Waals surface area contributed by atoms with E-state index in [4.69, 9.17) is 0 Å². The van der Waals surface area contributed by atoms with Crippen molar-refractivity contribution in [3.63, 3.8) is 0 Å². The Balaban J connectivity index is 2.44. The second-order valence-electron chi connectivity index (χ2n) is 4.27. The summed E-state index contributed by atoms with van der Waals surface area (Å²) in [6.45, 7) is 6.86. The lowest BCUT2D eigenvalue weighted by Crippen LogP contribution is -2.29. The molecule has 1 rings (SSSR count). The van der Waals surface area contributed by atoms with Gasteiger partial charge in [0, 0.05) is 31.3 Å². The molecule has 0 aliphatic heterocycles. The van der Waals surface area contributed by atoms with Crippen LogP contribution in [0.15, 0.2) is 12.1 Å². The largest absolute Gasteiger partial charge is 0.311 e. The monoisotopic (exact) mass is 242 g/mol. The highest BCUT2D eigenvalue weighted by Gasteiger charge is 2.06. The van der Waals surface area contributed by atoms with Gasteiger partial charge in [-0.05, 0) is 32.1 Å². The lowest BCUT2D eigenvalue weighted by molar-refractivity contribution is 0.348. The Morgan fingerprint density at radius 3 is 2.59 bits per heavy atom. The quantitative estimate of drug-likeness (QED) is 0.770. The molecule has 0 amide bonds. The van der Waals surface area contributed by atoms with Gasteiger partial charge < -0.3 is 10.2 Å². The van der Waals surface area contributed by atoms with Crippen LogP contribution >= 0.6 is 0 Å². The number of likely N-dealkylation sites (N-methyl/N-ethyl adjacent to an activating group) is 1. The van der Waals surface area contributed by atoms with Gasteiger partial charge in [0.1, 0.15) is 11.6 Å². The molecule has 0 aliphatic rings. The Bertz CT molecular complexity index is 367. The lowest BCUT2D eigenvalue weighted by atomic mass is 10.1. The minimum atomic E-state index is -0.489. The Hall–Kier alpha value is -1.00. The predicted molar refractivity (Wildman–Crippen MR) is 66.0 cm³/mol. The standard InChI is InChI=1S/C13H20F2N2/c1-4-17(3)6-5-16-9-11-7-10(2)12(14)8-13(11)15/h7-8,16H,4-6,9H2,1-3H3. The molecule has 17 heavy (non-hydrogen) atoms. The predicted octanol–water partition coefficient (Wildman–Crippen LogP) is 2.31. The zero-order valence-electron chi connectivity index (χ0n) is 10.7. The molecule has 0 saturated heterocycles. The van der Waals surface area contributed by atoms with Crippen LogP contribution in [0.2, 0.25) is 0 Å². The first-order valence-corrected chi connectivity index (χ1v) is 5.88. The fourth-order valence-electron chi connectivity index (χ4n) is 1.50. The molecule has 0 bridgehead atoms. The van der Waals surface area contributed by atoms with E-state index in [1.165, 1.54) is 0 Å². The minimum absolute atomic E-state index is 0.435. The van der Waals surface area contributed by atoms with Crippen LogP contribution in [0.25, 0.3) is 0 Å². The van der Waals surface area contributed by atoms with Crippen LogP contribution in [0, 0.1) is 18.6 Å². The molecule has 0 aliphatic carbocycles. The molecule has 0 atom stereocenters. The zero-order valence-corrected chi connectivity index (χ0v) is 10.7. The summed E-state index contributed by atoms with van der Waals surface area (Å²) < 4.78 is 26.4. The molecule has 0 fully saturated rings. The molecule has 0 saturated carbocycles. The van der Waals surface area contributed by atoms with E-state index in [2.05, 4.69) is 17.1 Å². The van der Waals surface area contributed by atoms with E-state index >= 15 is 0 Å². The van der Waals surface area contributed by atoms with Crippen LogP contribution in [-0.2, 0) is 6.54 Å². The van der Waals surface area contributed by atoms with Crippen molar-refractivity contribution < 1.29 is 8.78 Å². The van der Waals surface area contributed by atoms with Crippen LogP contribution in [0.3, 0.4) is 0 Å². The molecule has 96 valence electrons. The van der Waals surface area contributed by atoms with Gasteiger partial charge in [-0.1, -0.05) is 6.92 Å². The number of rotatable bonds is 6. The highest BCUT2D eigenvalue weighted by Crippen LogP contribution is 2.13. The van der Waals surface area contributed by atoms with Crippen LogP contribution in [0.1, 0.15) is 18.1 Å². The first-order valence-electron chi connectivity index (χ1n) is 5.88. The average molecular weight is 242 g/mol. The molecule has 2 nitrogen and oxygen atoms in total. The molecule has 0 heterocycles. The van der Waals surface area contributed by atoms with Gasteiger partial charge in [-0.25, -0.2) is 8.78 Å². The van der Waals surface area contributed by atoms with Gasteiger partial charge in [0.05, 0.1) is 0 Å². The Labute approximate surface area is 102 Å². The summed E-state index contributed by atoms with van der Waals surface area (Å²) >= 11 is 0. The van der Waals surface area contributed by atoms with Gasteiger partial charge in [-0.15, -0.1) is 0 Å². The van der Waals surface area contributed by atoms with Crippen molar-refractivity contribution in [3.05, 3.63) is 34.9 Å². The van der Waals surface area contributed by atoms with E-state index < -0.39 is 11.6 Å². The topological polar surface area (TPSA) is 15.3 Å². The third kappa shape index (κ3) is 4.40. The second kappa shape index (κ2) is 6.67. The summed E-state index contributed by atoms with van der Waals surface area (Å²) in [6.07, 6.45) is 0. The maximum atomic E-state index is 13.4. The molecule has 1 N–H and O–H groups in total. The summed E-state index contributed by atoms with van der Waals surface area (Å²) in [5.41, 5.74) is 0.997. The minimum Gasteiger partial charge on any atom is -0.311 e. The number of nitrogens with zero attached hydrogens (tertiary/aromatic N) is 1. The van der Waals surface area contributed by atoms with Gasteiger partial charge in [0.2, 0.25) is 0 Å². The lowest BCUT2D eigenvalue weighted by Gasteiger charge is -2.14. The maximum Gasteiger partial charge on any atom is 0.130 e. The summed E-state index contributed by atoms with van der Waals surface area (Å²) in [5, 5.41) is 3.15. The SMILES string of the molecule is CCN(C)CCNCc1cc(C)c(F)cc1F. The first-order chi connectivity index (χ1) is 8.04. The molecule has 0 spiro atoms. The Morgan fingerprint density at radius 2 is 1.94 bits per heavy atom. The molecule has 0 aromatic heterocycles. The van der Waals surface area contributed by atoms with Gasteiger partial charge in [0.25, 0.3) is 0 Å². The fourth-order valence-corrected chi connectivity index (χ4v) is 1.50. The van der Waals surface area contributed by atoms with Crippen LogP contribution in [-0.4, -0.2) is 31.6 Å². The first kappa shape index (κ1) is 14.1. The molecular formula is C13H20F2N2. The van der Waals surface area contributed by atoms with Crippen molar-refractivity contribution in [1.29, 1.82) is 0 Å². The van der Waals surface area contributed by atoms with Crippen molar-refractivity contribution in [2.75, 3.05) is 26.7 Å². The third-order valence-corrected chi connectivity index (χ3v) is 2.85. The van der Waals surface area contributed by atoms with E-state index in [0.29, 0.717) is 17.7 Å². The molecule has 1 aromatic carbocycles. The Morgan fingerprint density at radius 1 is 1.24 bits per heavy atom. The summed E-state index contributed by atoms with van der Waals surface area (Å²) in [6, 6.07) is 2.51. The van der Waals surface area contributed by atoms with Crippen LogP contribution in [0.4, 0.5) is 8.78 Å². The van der Waals surface area contributed by atoms with Gasteiger partial charge in [0.15, 0.2) is 0 Å². The van der Waals surface area contributed by atoms with Crippen molar-refractivity contribution in [1.82, 2.24) is 10.2 Å². The molecule has 4 heteroatoms. The smallest absolute Gasteiger partial charge is 0.130 e. The molecule has 0 radical (unpaired) electrons. The maximum absolute atomic E-state index is 13.4. The van der Waals surface area contributed by atoms with Crippen molar-refractivity contribution in [2.24, 2.45) is 0 Å².